The highest BCUT2D eigenvalue weighted by molar-refractivity contribution is 7.83. The van der Waals surface area contributed by atoms with Crippen LogP contribution in [0.5, 0.6) is 0 Å². The van der Waals surface area contributed by atoms with Gasteiger partial charge in [0.1, 0.15) is 0 Å². The summed E-state index contributed by atoms with van der Waals surface area (Å²) in [4.78, 5) is 0.307. The minimum Gasteiger partial charge on any atom is -0.768 e. The average molecular weight is 524 g/mol. The molecule has 0 aliphatic heterocycles. The summed E-state index contributed by atoms with van der Waals surface area (Å²) in [5.41, 5.74) is 4.68. The van der Waals surface area contributed by atoms with Gasteiger partial charge in [-0.25, -0.2) is 0 Å². The third-order valence-corrected chi connectivity index (χ3v) is 8.93. The second-order valence-corrected chi connectivity index (χ2v) is 11.4. The van der Waals surface area contributed by atoms with Gasteiger partial charge in [-0.1, -0.05) is 72.8 Å². The van der Waals surface area contributed by atoms with Gasteiger partial charge in [0, 0.05) is 4.91 Å². The van der Waals surface area contributed by atoms with E-state index in [1.54, 1.807) is 18.2 Å². The molecule has 6 aromatic rings. The normalized spacial score (nSPS) is 18.0. The van der Waals surface area contributed by atoms with Crippen LogP contribution in [0.4, 0.5) is 5.69 Å². The fourth-order valence-corrected chi connectivity index (χ4v) is 6.94. The van der Waals surface area contributed by atoms with Crippen LogP contribution in [-0.2, 0) is 17.5 Å². The standard InChI is InChI=1S/C34H24N2O2S/c37-39(38)27-16-14-26(15-17-27)36-35-25-12-9-22(10-13-25)31-28-6-2-4-21-7-8-24-19-23-5-1-3-20-11-18-29(31)34(30(20)23)33(24)32(21)28/h1,3,5-14,16-19,26H,2,4,15H2,(H,37,38)/p-1. The van der Waals surface area contributed by atoms with E-state index in [-0.39, 0.29) is 6.04 Å². The summed E-state index contributed by atoms with van der Waals surface area (Å²) >= 11 is -2.21. The Bertz CT molecular complexity index is 2120. The van der Waals surface area contributed by atoms with Crippen LogP contribution in [0.1, 0.15) is 18.4 Å². The summed E-state index contributed by atoms with van der Waals surface area (Å²) in [5, 5.41) is 20.9. The number of azo groups is 1. The predicted molar refractivity (Wildman–Crippen MR) is 160 cm³/mol. The van der Waals surface area contributed by atoms with Crippen LogP contribution in [0, 0.1) is 0 Å². The average Bonchev–Trinajstić information content (AvgIpc) is 2.98. The van der Waals surface area contributed by atoms with Crippen LogP contribution in [0.15, 0.2) is 106 Å². The molecule has 2 aliphatic rings. The molecule has 0 N–H and O–H groups in total. The molecule has 6 aromatic carbocycles. The molecular weight excluding hydrogens is 500 g/mol. The topological polar surface area (TPSA) is 64.8 Å². The number of hydrogen-bond acceptors (Lipinski definition) is 4. The van der Waals surface area contributed by atoms with Crippen molar-refractivity contribution in [2.45, 2.75) is 25.3 Å². The van der Waals surface area contributed by atoms with Gasteiger partial charge in [0.2, 0.25) is 0 Å². The van der Waals surface area contributed by atoms with E-state index < -0.39 is 11.1 Å². The van der Waals surface area contributed by atoms with Crippen molar-refractivity contribution in [2.75, 3.05) is 0 Å². The minimum atomic E-state index is -2.21. The quantitative estimate of drug-likeness (QED) is 0.102. The number of allylic oxidation sites excluding steroid dienone is 1. The van der Waals surface area contributed by atoms with Gasteiger partial charge >= 0.3 is 0 Å². The van der Waals surface area contributed by atoms with Gasteiger partial charge < -0.3 is 4.55 Å². The van der Waals surface area contributed by atoms with Crippen molar-refractivity contribution >= 4 is 65.9 Å². The summed E-state index contributed by atoms with van der Waals surface area (Å²) in [6.07, 6.45) is 10.1. The third-order valence-electron chi connectivity index (χ3n) is 8.25. The molecule has 2 unspecified atom stereocenters. The van der Waals surface area contributed by atoms with E-state index in [1.165, 1.54) is 65.0 Å². The first-order valence-electron chi connectivity index (χ1n) is 13.3. The molecule has 0 saturated carbocycles. The van der Waals surface area contributed by atoms with E-state index in [1.807, 2.05) is 12.1 Å². The third kappa shape index (κ3) is 3.50. The van der Waals surface area contributed by atoms with Gasteiger partial charge in [-0.2, -0.15) is 10.2 Å². The van der Waals surface area contributed by atoms with Crippen LogP contribution < -0.4 is 5.22 Å². The number of hydrogen-bond donors (Lipinski definition) is 0. The van der Waals surface area contributed by atoms with Gasteiger partial charge in [0.25, 0.3) is 0 Å². The van der Waals surface area contributed by atoms with E-state index in [9.17, 15) is 8.76 Å². The van der Waals surface area contributed by atoms with Gasteiger partial charge in [-0.15, -0.1) is 0 Å². The van der Waals surface area contributed by atoms with Gasteiger partial charge in [-0.05, 0) is 120 Å². The second kappa shape index (κ2) is 8.67. The highest BCUT2D eigenvalue weighted by Gasteiger charge is 2.21. The highest BCUT2D eigenvalue weighted by atomic mass is 32.2. The number of nitrogens with zero attached hydrogens (tertiary/aromatic N) is 2. The monoisotopic (exact) mass is 523 g/mol. The van der Waals surface area contributed by atoms with E-state index in [2.05, 4.69) is 77.0 Å². The first-order chi connectivity index (χ1) is 19.2. The van der Waals surface area contributed by atoms with Crippen molar-refractivity contribution in [2.24, 2.45) is 10.2 Å². The van der Waals surface area contributed by atoms with Crippen LogP contribution >= 0.6 is 0 Å². The summed E-state index contributed by atoms with van der Waals surface area (Å²) in [5.74, 6) is 0. The molecule has 0 fully saturated rings. The van der Waals surface area contributed by atoms with Crippen LogP contribution in [0.3, 0.4) is 0 Å². The van der Waals surface area contributed by atoms with Crippen LogP contribution in [0.2, 0.25) is 0 Å². The largest absolute Gasteiger partial charge is 0.768 e. The van der Waals surface area contributed by atoms with Crippen LogP contribution in [0.25, 0.3) is 60.3 Å². The maximum atomic E-state index is 11.1. The van der Waals surface area contributed by atoms with Crippen molar-refractivity contribution in [3.8, 4) is 11.1 Å². The molecule has 2 atom stereocenters. The lowest BCUT2D eigenvalue weighted by Crippen LogP contribution is -2.14. The molecule has 0 aromatic heterocycles. The van der Waals surface area contributed by atoms with Crippen molar-refractivity contribution < 1.29 is 8.76 Å². The van der Waals surface area contributed by atoms with Crippen molar-refractivity contribution in [1.82, 2.24) is 0 Å². The molecule has 188 valence electrons. The smallest absolute Gasteiger partial charge is 0.0931 e. The Morgan fingerprint density at radius 3 is 2.46 bits per heavy atom. The fraction of sp³-hybridized carbons (Fsp3) is 0.118. The number of aryl methyl sites for hydroxylation is 1. The lowest BCUT2D eigenvalue weighted by molar-refractivity contribution is 0.544. The molecular formula is C34H23N2O2S-. The molecule has 0 saturated heterocycles. The molecule has 0 bridgehead atoms. The summed E-state index contributed by atoms with van der Waals surface area (Å²) in [7, 11) is 0. The summed E-state index contributed by atoms with van der Waals surface area (Å²) in [6.45, 7) is 0. The number of rotatable bonds is 4. The van der Waals surface area contributed by atoms with Crippen molar-refractivity contribution in [1.29, 1.82) is 0 Å². The zero-order valence-corrected chi connectivity index (χ0v) is 21.9. The zero-order valence-electron chi connectivity index (χ0n) is 21.1. The first kappa shape index (κ1) is 22.8. The SMILES string of the molecule is O=S([O-])C1=CCC(N=Nc2ccc(-c3c4c5c(ccc6cc7cccc8ccc3c(c87)c65)CCC=4)cc2)C=C1. The molecule has 8 rings (SSSR count). The molecule has 0 amide bonds. The predicted octanol–water partition coefficient (Wildman–Crippen LogP) is 8.03. The summed E-state index contributed by atoms with van der Waals surface area (Å²) < 4.78 is 22.2. The maximum Gasteiger partial charge on any atom is 0.0931 e. The Labute approximate surface area is 227 Å². The molecule has 39 heavy (non-hydrogen) atoms. The first-order valence-corrected chi connectivity index (χ1v) is 14.4. The zero-order chi connectivity index (χ0) is 26.1. The Balaban J connectivity index is 1.29. The van der Waals surface area contributed by atoms with E-state index in [0.29, 0.717) is 11.3 Å². The molecule has 0 heterocycles. The lowest BCUT2D eigenvalue weighted by Gasteiger charge is -2.22. The van der Waals surface area contributed by atoms with Crippen LogP contribution in [-0.4, -0.2) is 14.8 Å². The maximum absolute atomic E-state index is 11.1. The molecule has 2 aliphatic carbocycles. The van der Waals surface area contributed by atoms with Crippen molar-refractivity contribution in [3.05, 3.63) is 107 Å². The molecule has 0 radical (unpaired) electrons. The molecule has 4 nitrogen and oxygen atoms in total. The minimum absolute atomic E-state index is 0.155. The molecule has 0 spiro atoms. The Morgan fingerprint density at radius 2 is 1.64 bits per heavy atom. The highest BCUT2D eigenvalue weighted by Crippen LogP contribution is 2.43. The van der Waals surface area contributed by atoms with E-state index >= 15 is 0 Å². The fourth-order valence-electron chi connectivity index (χ4n) is 6.52. The summed E-state index contributed by atoms with van der Waals surface area (Å²) in [6, 6.07) is 26.3. The van der Waals surface area contributed by atoms with E-state index in [4.69, 9.17) is 0 Å². The second-order valence-electron chi connectivity index (χ2n) is 10.4. The van der Waals surface area contributed by atoms with Gasteiger partial charge in [-0.3, -0.25) is 4.21 Å². The lowest BCUT2D eigenvalue weighted by atomic mass is 9.81. The molecule has 5 heteroatoms. The Kier molecular flexibility index (Phi) is 5.06. The van der Waals surface area contributed by atoms with E-state index in [0.717, 1.165) is 18.5 Å². The Morgan fingerprint density at radius 1 is 0.821 bits per heavy atom. The number of benzene rings is 6. The van der Waals surface area contributed by atoms with Gasteiger partial charge in [0.15, 0.2) is 0 Å². The van der Waals surface area contributed by atoms with Gasteiger partial charge in [0.05, 0.1) is 11.7 Å². The Hall–Kier alpha value is -4.19. The van der Waals surface area contributed by atoms with Crippen molar-refractivity contribution in [3.63, 3.8) is 0 Å².